The minimum atomic E-state index is 0.0327. The number of carbonyl (C=O) groups is 1. The number of hydrogen-bond acceptors (Lipinski definition) is 2. The molecule has 1 fully saturated rings. The maximum absolute atomic E-state index is 11.9. The van der Waals surface area contributed by atoms with Gasteiger partial charge in [0.2, 0.25) is 0 Å². The van der Waals surface area contributed by atoms with Crippen LogP contribution in [-0.4, -0.2) is 18.5 Å². The first-order valence-electron chi connectivity index (χ1n) is 6.55. The molecule has 0 aliphatic heterocycles. The molecule has 0 atom stereocenters. The van der Waals surface area contributed by atoms with Crippen molar-refractivity contribution in [3.8, 4) is 0 Å². The van der Waals surface area contributed by atoms with Gasteiger partial charge < -0.3 is 4.74 Å². The van der Waals surface area contributed by atoms with Crippen LogP contribution in [-0.2, 0) is 4.74 Å². The molecule has 0 saturated heterocycles. The summed E-state index contributed by atoms with van der Waals surface area (Å²) < 4.78 is 5.70. The molecule has 1 aromatic rings. The highest BCUT2D eigenvalue weighted by atomic mass is 35.5. The average molecular weight is 267 g/mol. The second-order valence-electron chi connectivity index (χ2n) is 5.12. The molecule has 1 aliphatic carbocycles. The van der Waals surface area contributed by atoms with E-state index in [1.165, 1.54) is 12.8 Å². The smallest absolute Gasteiger partial charge is 0.188 e. The molecule has 2 nitrogen and oxygen atoms in total. The summed E-state index contributed by atoms with van der Waals surface area (Å²) in [7, 11) is 0. The van der Waals surface area contributed by atoms with Crippen LogP contribution in [0.4, 0.5) is 0 Å². The van der Waals surface area contributed by atoms with Crippen LogP contribution in [0.2, 0.25) is 5.02 Å². The molecular formula is C15H19ClO2. The third kappa shape index (κ3) is 3.82. The molecule has 1 saturated carbocycles. The van der Waals surface area contributed by atoms with Crippen LogP contribution in [0.5, 0.6) is 0 Å². The van der Waals surface area contributed by atoms with Gasteiger partial charge in [-0.1, -0.05) is 18.5 Å². The van der Waals surface area contributed by atoms with E-state index in [1.807, 2.05) is 0 Å². The third-order valence-corrected chi connectivity index (χ3v) is 3.83. The minimum absolute atomic E-state index is 0.0327. The Morgan fingerprint density at radius 2 is 1.83 bits per heavy atom. The highest BCUT2D eigenvalue weighted by Crippen LogP contribution is 2.25. The molecule has 0 bridgehead atoms. The van der Waals surface area contributed by atoms with Gasteiger partial charge in [-0.05, 0) is 55.9 Å². The Labute approximate surface area is 113 Å². The Kier molecular flexibility index (Phi) is 4.79. The number of Topliss-reactive ketones (excluding diaryl/α,β-unsaturated/α-hetero) is 1. The molecule has 18 heavy (non-hydrogen) atoms. The van der Waals surface area contributed by atoms with Gasteiger partial charge in [0.05, 0.1) is 6.10 Å². The lowest BCUT2D eigenvalue weighted by Crippen LogP contribution is -2.23. The van der Waals surface area contributed by atoms with E-state index in [1.54, 1.807) is 24.3 Å². The predicted molar refractivity (Wildman–Crippen MR) is 73.2 cm³/mol. The van der Waals surface area contributed by atoms with E-state index in [2.05, 4.69) is 6.92 Å². The average Bonchev–Trinajstić information content (AvgIpc) is 2.38. The lowest BCUT2D eigenvalue weighted by atomic mass is 9.89. The normalized spacial score (nSPS) is 23.9. The summed E-state index contributed by atoms with van der Waals surface area (Å²) in [5.74, 6) is 0.835. The predicted octanol–water partition coefficient (Wildman–Crippen LogP) is 4.12. The standard InChI is InChI=1S/C15H19ClO2/c1-11-2-8-14(9-3-11)18-10-15(17)12-4-6-13(16)7-5-12/h4-7,11,14H,2-3,8-10H2,1H3. The molecule has 0 aromatic heterocycles. The number of ether oxygens (including phenoxy) is 1. The van der Waals surface area contributed by atoms with Crippen molar-refractivity contribution in [1.82, 2.24) is 0 Å². The van der Waals surface area contributed by atoms with Gasteiger partial charge >= 0.3 is 0 Å². The summed E-state index contributed by atoms with van der Waals surface area (Å²) in [6, 6.07) is 6.96. The first kappa shape index (κ1) is 13.6. The summed E-state index contributed by atoms with van der Waals surface area (Å²) in [4.78, 5) is 11.9. The summed E-state index contributed by atoms with van der Waals surface area (Å²) in [6.45, 7) is 2.45. The Morgan fingerprint density at radius 3 is 2.44 bits per heavy atom. The van der Waals surface area contributed by atoms with Crippen molar-refractivity contribution < 1.29 is 9.53 Å². The Hall–Kier alpha value is -0.860. The Morgan fingerprint density at radius 1 is 1.22 bits per heavy atom. The molecule has 0 spiro atoms. The van der Waals surface area contributed by atoms with E-state index in [-0.39, 0.29) is 18.5 Å². The fraction of sp³-hybridized carbons (Fsp3) is 0.533. The van der Waals surface area contributed by atoms with E-state index in [9.17, 15) is 4.79 Å². The van der Waals surface area contributed by atoms with Gasteiger partial charge in [-0.2, -0.15) is 0 Å². The van der Waals surface area contributed by atoms with Crippen LogP contribution >= 0.6 is 11.6 Å². The summed E-state index contributed by atoms with van der Waals surface area (Å²) in [5.41, 5.74) is 0.670. The molecule has 2 rings (SSSR count). The minimum Gasteiger partial charge on any atom is -0.370 e. The van der Waals surface area contributed by atoms with Crippen molar-refractivity contribution in [3.05, 3.63) is 34.9 Å². The molecule has 98 valence electrons. The molecular weight excluding hydrogens is 248 g/mol. The first-order valence-corrected chi connectivity index (χ1v) is 6.93. The second kappa shape index (κ2) is 6.35. The van der Waals surface area contributed by atoms with Crippen LogP contribution in [0, 0.1) is 5.92 Å². The van der Waals surface area contributed by atoms with E-state index in [0.717, 1.165) is 18.8 Å². The van der Waals surface area contributed by atoms with Crippen LogP contribution in [0.15, 0.2) is 24.3 Å². The molecule has 1 aromatic carbocycles. The molecule has 0 heterocycles. The van der Waals surface area contributed by atoms with Gasteiger partial charge in [0, 0.05) is 10.6 Å². The number of hydrogen-bond donors (Lipinski definition) is 0. The second-order valence-corrected chi connectivity index (χ2v) is 5.56. The van der Waals surface area contributed by atoms with Crippen LogP contribution < -0.4 is 0 Å². The number of carbonyl (C=O) groups excluding carboxylic acids is 1. The largest absolute Gasteiger partial charge is 0.370 e. The molecule has 0 radical (unpaired) electrons. The fourth-order valence-electron chi connectivity index (χ4n) is 2.31. The zero-order valence-corrected chi connectivity index (χ0v) is 11.5. The quantitative estimate of drug-likeness (QED) is 0.767. The summed E-state index contributed by atoms with van der Waals surface area (Å²) >= 11 is 5.79. The molecule has 1 aliphatic rings. The van der Waals surface area contributed by atoms with Crippen molar-refractivity contribution in [2.45, 2.75) is 38.7 Å². The van der Waals surface area contributed by atoms with E-state index in [4.69, 9.17) is 16.3 Å². The van der Waals surface area contributed by atoms with Crippen molar-refractivity contribution >= 4 is 17.4 Å². The number of halogens is 1. The van der Waals surface area contributed by atoms with Gasteiger partial charge in [0.25, 0.3) is 0 Å². The summed E-state index contributed by atoms with van der Waals surface area (Å²) in [6.07, 6.45) is 4.83. The van der Waals surface area contributed by atoms with Crippen molar-refractivity contribution in [2.24, 2.45) is 5.92 Å². The SMILES string of the molecule is CC1CCC(OCC(=O)c2ccc(Cl)cc2)CC1. The van der Waals surface area contributed by atoms with Gasteiger partial charge in [-0.15, -0.1) is 0 Å². The Balaban J connectivity index is 1.79. The first-order chi connectivity index (χ1) is 8.65. The number of rotatable bonds is 4. The number of ketones is 1. The van der Waals surface area contributed by atoms with Gasteiger partial charge in [-0.3, -0.25) is 4.79 Å². The van der Waals surface area contributed by atoms with E-state index < -0.39 is 0 Å². The summed E-state index contributed by atoms with van der Waals surface area (Å²) in [5, 5.41) is 0.647. The molecule has 0 unspecified atom stereocenters. The maximum Gasteiger partial charge on any atom is 0.188 e. The highest BCUT2D eigenvalue weighted by Gasteiger charge is 2.19. The third-order valence-electron chi connectivity index (χ3n) is 3.58. The topological polar surface area (TPSA) is 26.3 Å². The van der Waals surface area contributed by atoms with Crippen molar-refractivity contribution in [1.29, 1.82) is 0 Å². The zero-order valence-electron chi connectivity index (χ0n) is 10.7. The van der Waals surface area contributed by atoms with Crippen LogP contribution in [0.25, 0.3) is 0 Å². The zero-order chi connectivity index (χ0) is 13.0. The maximum atomic E-state index is 11.9. The lowest BCUT2D eigenvalue weighted by molar-refractivity contribution is 0.0217. The van der Waals surface area contributed by atoms with Crippen LogP contribution in [0.3, 0.4) is 0 Å². The van der Waals surface area contributed by atoms with Gasteiger partial charge in [-0.25, -0.2) is 0 Å². The van der Waals surface area contributed by atoms with Crippen molar-refractivity contribution in [2.75, 3.05) is 6.61 Å². The van der Waals surface area contributed by atoms with E-state index >= 15 is 0 Å². The van der Waals surface area contributed by atoms with Crippen molar-refractivity contribution in [3.63, 3.8) is 0 Å². The lowest BCUT2D eigenvalue weighted by Gasteiger charge is -2.25. The highest BCUT2D eigenvalue weighted by molar-refractivity contribution is 6.30. The van der Waals surface area contributed by atoms with E-state index in [0.29, 0.717) is 10.6 Å². The monoisotopic (exact) mass is 266 g/mol. The molecule has 0 amide bonds. The van der Waals surface area contributed by atoms with Crippen LogP contribution in [0.1, 0.15) is 43.0 Å². The van der Waals surface area contributed by atoms with Gasteiger partial charge in [0.15, 0.2) is 5.78 Å². The van der Waals surface area contributed by atoms with Gasteiger partial charge in [0.1, 0.15) is 6.61 Å². The Bertz CT molecular complexity index is 391. The fourth-order valence-corrected chi connectivity index (χ4v) is 2.43. The molecule has 0 N–H and O–H groups in total. The number of benzene rings is 1. The molecule has 3 heteroatoms.